The van der Waals surface area contributed by atoms with Crippen LogP contribution in [0.5, 0.6) is 0 Å². The number of carbonyl (C=O) groups excluding carboxylic acids is 1. The summed E-state index contributed by atoms with van der Waals surface area (Å²) in [5.41, 5.74) is 4.41. The van der Waals surface area contributed by atoms with E-state index in [4.69, 9.17) is 4.52 Å². The number of benzene rings is 1. The van der Waals surface area contributed by atoms with Crippen molar-refractivity contribution in [3.05, 3.63) is 73.0 Å². The fourth-order valence-electron chi connectivity index (χ4n) is 3.49. The van der Waals surface area contributed by atoms with E-state index in [1.54, 1.807) is 18.7 Å². The van der Waals surface area contributed by atoms with Gasteiger partial charge in [0.05, 0.1) is 21.7 Å². The van der Waals surface area contributed by atoms with Crippen molar-refractivity contribution in [3.63, 3.8) is 0 Å². The summed E-state index contributed by atoms with van der Waals surface area (Å²) >= 11 is 2.88. The number of thioether (sulfide) groups is 1. The van der Waals surface area contributed by atoms with Crippen LogP contribution in [0.3, 0.4) is 0 Å². The van der Waals surface area contributed by atoms with Crippen LogP contribution < -0.4 is 10.9 Å². The lowest BCUT2D eigenvalue weighted by atomic mass is 10.2. The highest BCUT2D eigenvalue weighted by molar-refractivity contribution is 7.98. The number of aromatic amines is 1. The van der Waals surface area contributed by atoms with Gasteiger partial charge in [0.25, 0.3) is 11.5 Å². The van der Waals surface area contributed by atoms with Gasteiger partial charge in [-0.25, -0.2) is 4.98 Å². The lowest BCUT2D eigenvalue weighted by Gasteiger charge is -2.06. The molecule has 0 aliphatic rings. The van der Waals surface area contributed by atoms with Gasteiger partial charge >= 0.3 is 0 Å². The molecular formula is C23H24N4O3S2. The van der Waals surface area contributed by atoms with Gasteiger partial charge in [0.2, 0.25) is 0 Å². The number of nitrogens with zero attached hydrogens (tertiary/aromatic N) is 2. The van der Waals surface area contributed by atoms with Crippen molar-refractivity contribution in [1.29, 1.82) is 0 Å². The highest BCUT2D eigenvalue weighted by atomic mass is 32.2. The Labute approximate surface area is 193 Å². The van der Waals surface area contributed by atoms with E-state index in [-0.39, 0.29) is 11.5 Å². The van der Waals surface area contributed by atoms with Crippen LogP contribution in [-0.4, -0.2) is 21.0 Å². The molecule has 9 heteroatoms. The highest BCUT2D eigenvalue weighted by Gasteiger charge is 2.20. The van der Waals surface area contributed by atoms with Crippen LogP contribution in [0.25, 0.3) is 10.2 Å². The molecule has 4 aromatic rings. The van der Waals surface area contributed by atoms with Crippen LogP contribution in [0.15, 0.2) is 32.4 Å². The molecule has 1 aromatic carbocycles. The standard InChI is InChI=1S/C23H24N4O3S2/c1-11-6-7-12(2)17(8-11)31-10-18-25-21(28)19-13(3)20(32-23(19)26-18)22(29)24-9-16-14(4)27-30-15(16)5/h6-8H,9-10H2,1-5H3,(H,24,29)(H,25,26,28). The number of thiophene rings is 1. The fraction of sp³-hybridized carbons (Fsp3) is 0.304. The maximum absolute atomic E-state index is 12.8. The van der Waals surface area contributed by atoms with Gasteiger partial charge in [-0.2, -0.15) is 0 Å². The Morgan fingerprint density at radius 3 is 2.72 bits per heavy atom. The molecule has 0 atom stereocenters. The lowest BCUT2D eigenvalue weighted by Crippen LogP contribution is -2.23. The van der Waals surface area contributed by atoms with Gasteiger partial charge in [0.15, 0.2) is 0 Å². The number of rotatable bonds is 6. The van der Waals surface area contributed by atoms with Gasteiger partial charge < -0.3 is 14.8 Å². The van der Waals surface area contributed by atoms with E-state index in [0.717, 1.165) is 16.2 Å². The summed E-state index contributed by atoms with van der Waals surface area (Å²) in [5.74, 6) is 1.58. The summed E-state index contributed by atoms with van der Waals surface area (Å²) in [4.78, 5) is 35.4. The first kappa shape index (κ1) is 22.3. The van der Waals surface area contributed by atoms with E-state index in [1.165, 1.54) is 22.5 Å². The van der Waals surface area contributed by atoms with Gasteiger partial charge in [-0.05, 0) is 51.8 Å². The van der Waals surface area contributed by atoms with Crippen molar-refractivity contribution in [2.75, 3.05) is 0 Å². The first-order valence-corrected chi connectivity index (χ1v) is 12.0. The number of carbonyl (C=O) groups is 1. The zero-order valence-electron chi connectivity index (χ0n) is 18.6. The summed E-state index contributed by atoms with van der Waals surface area (Å²) in [7, 11) is 0. The quantitative estimate of drug-likeness (QED) is 0.397. The molecule has 0 aliphatic carbocycles. The third-order valence-electron chi connectivity index (χ3n) is 5.37. The maximum atomic E-state index is 12.8. The van der Waals surface area contributed by atoms with Crippen LogP contribution in [0.2, 0.25) is 0 Å². The molecule has 0 bridgehead atoms. The lowest BCUT2D eigenvalue weighted by molar-refractivity contribution is 0.0954. The van der Waals surface area contributed by atoms with E-state index in [1.807, 2.05) is 13.8 Å². The van der Waals surface area contributed by atoms with Crippen molar-refractivity contribution in [1.82, 2.24) is 20.4 Å². The molecule has 0 unspecified atom stereocenters. The molecule has 3 heterocycles. The van der Waals surface area contributed by atoms with E-state index < -0.39 is 0 Å². The minimum absolute atomic E-state index is 0.218. The maximum Gasteiger partial charge on any atom is 0.261 e. The molecule has 0 saturated heterocycles. The molecule has 7 nitrogen and oxygen atoms in total. The van der Waals surface area contributed by atoms with E-state index in [9.17, 15) is 9.59 Å². The zero-order valence-corrected chi connectivity index (χ0v) is 20.2. The third-order valence-corrected chi connectivity index (χ3v) is 7.72. The predicted octanol–water partition coefficient (Wildman–Crippen LogP) is 4.74. The summed E-state index contributed by atoms with van der Waals surface area (Å²) in [6.07, 6.45) is 0. The van der Waals surface area contributed by atoms with Crippen LogP contribution in [-0.2, 0) is 12.3 Å². The number of aromatic nitrogens is 3. The second kappa shape index (κ2) is 8.91. The topological polar surface area (TPSA) is 101 Å². The Hall–Kier alpha value is -2.91. The summed E-state index contributed by atoms with van der Waals surface area (Å²) in [6.45, 7) is 9.87. The summed E-state index contributed by atoms with van der Waals surface area (Å²) < 4.78 is 5.15. The van der Waals surface area contributed by atoms with E-state index >= 15 is 0 Å². The molecule has 0 radical (unpaired) electrons. The number of fused-ring (bicyclic) bond motifs is 1. The fourth-order valence-corrected chi connectivity index (χ4v) is 5.60. The molecule has 1 amide bonds. The van der Waals surface area contributed by atoms with Gasteiger partial charge in [-0.15, -0.1) is 23.1 Å². The van der Waals surface area contributed by atoms with Crippen molar-refractivity contribution in [2.45, 2.75) is 51.8 Å². The monoisotopic (exact) mass is 468 g/mol. The van der Waals surface area contributed by atoms with E-state index in [2.05, 4.69) is 52.5 Å². The Morgan fingerprint density at radius 1 is 1.22 bits per heavy atom. The van der Waals surface area contributed by atoms with Gasteiger partial charge in [-0.1, -0.05) is 22.9 Å². The molecule has 166 valence electrons. The molecule has 2 N–H and O–H groups in total. The smallest absolute Gasteiger partial charge is 0.261 e. The van der Waals surface area contributed by atoms with Gasteiger partial charge in [-0.3, -0.25) is 9.59 Å². The highest BCUT2D eigenvalue weighted by Crippen LogP contribution is 2.29. The van der Waals surface area contributed by atoms with Crippen LogP contribution in [0.4, 0.5) is 0 Å². The van der Waals surface area contributed by atoms with Crippen LogP contribution >= 0.6 is 23.1 Å². The normalized spacial score (nSPS) is 11.3. The zero-order chi connectivity index (χ0) is 23.0. The Morgan fingerprint density at radius 2 is 2.00 bits per heavy atom. The Bertz CT molecular complexity index is 1360. The SMILES string of the molecule is Cc1ccc(C)c(SCc2nc3sc(C(=O)NCc4c(C)noc4C)c(C)c3c(=O)[nH]2)c1. The number of nitrogens with one attached hydrogen (secondary N) is 2. The number of aryl methyl sites for hydroxylation is 5. The van der Waals surface area contributed by atoms with E-state index in [0.29, 0.717) is 44.5 Å². The average molecular weight is 469 g/mol. The molecule has 0 fully saturated rings. The predicted molar refractivity (Wildman–Crippen MR) is 128 cm³/mol. The van der Waals surface area contributed by atoms with Crippen molar-refractivity contribution in [2.24, 2.45) is 0 Å². The average Bonchev–Trinajstić information content (AvgIpc) is 3.26. The molecule has 0 spiro atoms. The number of hydrogen-bond donors (Lipinski definition) is 2. The molecule has 0 aliphatic heterocycles. The number of hydrogen-bond acceptors (Lipinski definition) is 7. The number of amides is 1. The first-order chi connectivity index (χ1) is 15.2. The summed E-state index contributed by atoms with van der Waals surface area (Å²) in [6, 6.07) is 6.30. The van der Waals surface area contributed by atoms with Crippen molar-refractivity contribution in [3.8, 4) is 0 Å². The second-order valence-corrected chi connectivity index (χ2v) is 9.81. The molecule has 0 saturated carbocycles. The van der Waals surface area contributed by atoms with Crippen LogP contribution in [0, 0.1) is 34.6 Å². The largest absolute Gasteiger partial charge is 0.361 e. The van der Waals surface area contributed by atoms with Crippen molar-refractivity contribution >= 4 is 39.2 Å². The van der Waals surface area contributed by atoms with Gasteiger partial charge in [0.1, 0.15) is 16.4 Å². The second-order valence-electron chi connectivity index (χ2n) is 7.79. The minimum Gasteiger partial charge on any atom is -0.361 e. The minimum atomic E-state index is -0.240. The van der Waals surface area contributed by atoms with Crippen LogP contribution in [0.1, 0.15) is 49.2 Å². The third kappa shape index (κ3) is 4.35. The summed E-state index contributed by atoms with van der Waals surface area (Å²) in [5, 5.41) is 7.28. The first-order valence-electron chi connectivity index (χ1n) is 10.2. The molecular weight excluding hydrogens is 444 g/mol. The molecule has 32 heavy (non-hydrogen) atoms. The molecule has 3 aromatic heterocycles. The Balaban J connectivity index is 1.56. The number of H-pyrrole nitrogens is 1. The molecule has 4 rings (SSSR count). The van der Waals surface area contributed by atoms with Gasteiger partial charge in [0, 0.05) is 17.0 Å². The van der Waals surface area contributed by atoms with Crippen molar-refractivity contribution < 1.29 is 9.32 Å². The Kier molecular flexibility index (Phi) is 6.21.